The van der Waals surface area contributed by atoms with Crippen molar-refractivity contribution >= 4 is 11.8 Å². The smallest absolute Gasteiger partial charge is 0.137 e. The Hall–Kier alpha value is -0.740. The van der Waals surface area contributed by atoms with Crippen molar-refractivity contribution in [1.82, 2.24) is 0 Å². The summed E-state index contributed by atoms with van der Waals surface area (Å²) in [4.78, 5) is 0.809. The maximum absolute atomic E-state index is 13.4. The summed E-state index contributed by atoms with van der Waals surface area (Å²) >= 11 is 1.47. The van der Waals surface area contributed by atoms with Gasteiger partial charge in [0.25, 0.3) is 0 Å². The molecule has 82 valence electrons. The summed E-state index contributed by atoms with van der Waals surface area (Å²) in [7, 11) is 1.60. The molecule has 0 radical (unpaired) electrons. The minimum Gasteiger partial charge on any atom is -0.495 e. The second-order valence-electron chi connectivity index (χ2n) is 3.84. The van der Waals surface area contributed by atoms with Gasteiger partial charge in [-0.3, -0.25) is 0 Å². The Balaban J connectivity index is 2.56. The van der Waals surface area contributed by atoms with E-state index in [-0.39, 0.29) is 11.4 Å². The SMILES string of the molecule is COc1c(SC)cc(F)cc1C1(N)CC1. The average molecular weight is 227 g/mol. The Kier molecular flexibility index (Phi) is 2.64. The molecule has 15 heavy (non-hydrogen) atoms. The number of ether oxygens (including phenoxy) is 1. The topological polar surface area (TPSA) is 35.2 Å². The van der Waals surface area contributed by atoms with Gasteiger partial charge in [0.2, 0.25) is 0 Å². The Morgan fingerprint density at radius 3 is 2.60 bits per heavy atom. The van der Waals surface area contributed by atoms with Crippen LogP contribution in [-0.2, 0) is 5.54 Å². The van der Waals surface area contributed by atoms with Crippen LogP contribution in [0.1, 0.15) is 18.4 Å². The summed E-state index contributed by atoms with van der Waals surface area (Å²) in [5.41, 5.74) is 6.52. The van der Waals surface area contributed by atoms with Crippen molar-refractivity contribution in [3.05, 3.63) is 23.5 Å². The molecule has 0 aliphatic heterocycles. The summed E-state index contributed by atoms with van der Waals surface area (Å²) in [6.07, 6.45) is 3.71. The van der Waals surface area contributed by atoms with Gasteiger partial charge in [-0.25, -0.2) is 4.39 Å². The third-order valence-corrected chi connectivity index (χ3v) is 3.51. The normalized spacial score (nSPS) is 17.6. The van der Waals surface area contributed by atoms with E-state index in [1.807, 2.05) is 6.26 Å². The molecule has 1 aliphatic carbocycles. The Bertz CT molecular complexity index is 390. The largest absolute Gasteiger partial charge is 0.495 e. The highest BCUT2D eigenvalue weighted by Crippen LogP contribution is 2.48. The van der Waals surface area contributed by atoms with E-state index < -0.39 is 0 Å². The third kappa shape index (κ3) is 1.84. The minimum atomic E-state index is -0.363. The molecule has 2 nitrogen and oxygen atoms in total. The number of halogens is 1. The standard InChI is InChI=1S/C11H14FNOS/c1-14-10-8(11(13)3-4-11)5-7(12)6-9(10)15-2/h5-6H,3-4,13H2,1-2H3. The van der Waals surface area contributed by atoms with Gasteiger partial charge in [0.1, 0.15) is 11.6 Å². The first kappa shape index (κ1) is 10.8. The highest BCUT2D eigenvalue weighted by molar-refractivity contribution is 7.98. The summed E-state index contributed by atoms with van der Waals surface area (Å²) in [5.74, 6) is 0.482. The van der Waals surface area contributed by atoms with E-state index in [9.17, 15) is 4.39 Å². The van der Waals surface area contributed by atoms with Crippen molar-refractivity contribution < 1.29 is 9.13 Å². The van der Waals surface area contributed by atoms with Crippen LogP contribution in [0.2, 0.25) is 0 Å². The molecular weight excluding hydrogens is 213 g/mol. The van der Waals surface area contributed by atoms with Crippen LogP contribution in [0.15, 0.2) is 17.0 Å². The molecule has 0 bridgehead atoms. The first-order valence-electron chi connectivity index (χ1n) is 4.81. The Labute approximate surface area is 93.0 Å². The lowest BCUT2D eigenvalue weighted by molar-refractivity contribution is 0.392. The molecule has 2 rings (SSSR count). The number of thioether (sulfide) groups is 1. The maximum atomic E-state index is 13.4. The van der Waals surface area contributed by atoms with Crippen LogP contribution in [0.5, 0.6) is 5.75 Å². The average Bonchev–Trinajstić information content (AvgIpc) is 2.96. The second kappa shape index (κ2) is 3.68. The predicted molar refractivity (Wildman–Crippen MR) is 59.8 cm³/mol. The molecule has 1 aromatic carbocycles. The fraction of sp³-hybridized carbons (Fsp3) is 0.455. The summed E-state index contributed by atoms with van der Waals surface area (Å²) in [6, 6.07) is 2.98. The summed E-state index contributed by atoms with van der Waals surface area (Å²) < 4.78 is 18.7. The van der Waals surface area contributed by atoms with Crippen LogP contribution < -0.4 is 10.5 Å². The van der Waals surface area contributed by atoms with E-state index in [0.29, 0.717) is 0 Å². The van der Waals surface area contributed by atoms with Crippen molar-refractivity contribution in [3.63, 3.8) is 0 Å². The quantitative estimate of drug-likeness (QED) is 0.806. The van der Waals surface area contributed by atoms with Gasteiger partial charge in [0.15, 0.2) is 0 Å². The van der Waals surface area contributed by atoms with Crippen molar-refractivity contribution in [3.8, 4) is 5.75 Å². The summed E-state index contributed by atoms with van der Waals surface area (Å²) in [6.45, 7) is 0. The lowest BCUT2D eigenvalue weighted by atomic mass is 10.0. The predicted octanol–water partition coefficient (Wildman–Crippen LogP) is 2.50. The fourth-order valence-electron chi connectivity index (χ4n) is 1.70. The van der Waals surface area contributed by atoms with Crippen molar-refractivity contribution in [2.24, 2.45) is 5.73 Å². The first-order valence-corrected chi connectivity index (χ1v) is 6.04. The number of benzene rings is 1. The fourth-order valence-corrected chi connectivity index (χ4v) is 2.31. The van der Waals surface area contributed by atoms with E-state index >= 15 is 0 Å². The zero-order valence-corrected chi connectivity index (χ0v) is 9.66. The molecule has 4 heteroatoms. The van der Waals surface area contributed by atoms with E-state index in [1.165, 1.54) is 23.9 Å². The lowest BCUT2D eigenvalue weighted by Crippen LogP contribution is -2.20. The number of nitrogens with two attached hydrogens (primary N) is 1. The molecule has 1 fully saturated rings. The molecule has 0 spiro atoms. The van der Waals surface area contributed by atoms with Gasteiger partial charge in [0.05, 0.1) is 12.0 Å². The monoisotopic (exact) mass is 227 g/mol. The maximum Gasteiger partial charge on any atom is 0.137 e. The highest BCUT2D eigenvalue weighted by atomic mass is 32.2. The van der Waals surface area contributed by atoms with Crippen LogP contribution in [0.4, 0.5) is 4.39 Å². The molecule has 0 saturated heterocycles. The van der Waals surface area contributed by atoms with Crippen LogP contribution in [0.25, 0.3) is 0 Å². The molecule has 0 atom stereocenters. The van der Waals surface area contributed by atoms with E-state index in [1.54, 1.807) is 7.11 Å². The molecule has 1 aliphatic rings. The van der Waals surface area contributed by atoms with E-state index in [2.05, 4.69) is 0 Å². The van der Waals surface area contributed by atoms with E-state index in [4.69, 9.17) is 10.5 Å². The Morgan fingerprint density at radius 2 is 2.13 bits per heavy atom. The van der Waals surface area contributed by atoms with Gasteiger partial charge in [-0.2, -0.15) is 0 Å². The third-order valence-electron chi connectivity index (χ3n) is 2.77. The number of methoxy groups -OCH3 is 1. The number of rotatable bonds is 3. The molecule has 2 N–H and O–H groups in total. The number of hydrogen-bond acceptors (Lipinski definition) is 3. The van der Waals surface area contributed by atoms with Gasteiger partial charge in [-0.05, 0) is 31.2 Å². The zero-order valence-electron chi connectivity index (χ0n) is 8.84. The van der Waals surface area contributed by atoms with Gasteiger partial charge in [-0.1, -0.05) is 0 Å². The molecule has 1 aromatic rings. The number of hydrogen-bond donors (Lipinski definition) is 1. The van der Waals surface area contributed by atoms with Crippen molar-refractivity contribution in [2.75, 3.05) is 13.4 Å². The summed E-state index contributed by atoms with van der Waals surface area (Å²) in [5, 5.41) is 0. The van der Waals surface area contributed by atoms with Crippen LogP contribution in [0, 0.1) is 5.82 Å². The van der Waals surface area contributed by atoms with Gasteiger partial charge >= 0.3 is 0 Å². The van der Waals surface area contributed by atoms with Gasteiger partial charge in [0, 0.05) is 11.1 Å². The second-order valence-corrected chi connectivity index (χ2v) is 4.69. The van der Waals surface area contributed by atoms with Gasteiger partial charge in [-0.15, -0.1) is 11.8 Å². The van der Waals surface area contributed by atoms with Crippen LogP contribution >= 0.6 is 11.8 Å². The van der Waals surface area contributed by atoms with Crippen molar-refractivity contribution in [2.45, 2.75) is 23.3 Å². The Morgan fingerprint density at radius 1 is 1.47 bits per heavy atom. The molecule has 1 saturated carbocycles. The first-order chi connectivity index (χ1) is 7.10. The highest BCUT2D eigenvalue weighted by Gasteiger charge is 2.43. The van der Waals surface area contributed by atoms with Crippen molar-refractivity contribution in [1.29, 1.82) is 0 Å². The minimum absolute atomic E-state index is 0.244. The zero-order chi connectivity index (χ0) is 11.1. The van der Waals surface area contributed by atoms with E-state index in [0.717, 1.165) is 29.1 Å². The molecular formula is C11H14FNOS. The van der Waals surface area contributed by atoms with Gasteiger partial charge < -0.3 is 10.5 Å². The van der Waals surface area contributed by atoms with Crippen LogP contribution in [-0.4, -0.2) is 13.4 Å². The molecule has 0 unspecified atom stereocenters. The molecule has 0 heterocycles. The lowest BCUT2D eigenvalue weighted by Gasteiger charge is -2.17. The molecule has 0 aromatic heterocycles. The van der Waals surface area contributed by atoms with Crippen LogP contribution in [0.3, 0.4) is 0 Å². The molecule has 0 amide bonds.